The topological polar surface area (TPSA) is 106 Å². The van der Waals surface area contributed by atoms with Crippen LogP contribution in [0.1, 0.15) is 24.9 Å². The minimum absolute atomic E-state index is 0.0600. The van der Waals surface area contributed by atoms with Crippen molar-refractivity contribution in [3.8, 4) is 0 Å². The van der Waals surface area contributed by atoms with Gasteiger partial charge in [0.15, 0.2) is 11.6 Å². The zero-order valence-corrected chi connectivity index (χ0v) is 17.1. The molecule has 0 radical (unpaired) electrons. The number of nitrogens with two attached hydrogens (primary N) is 1. The van der Waals surface area contributed by atoms with E-state index in [9.17, 15) is 13.6 Å². The second kappa shape index (κ2) is 9.49. The molecule has 3 rings (SSSR count). The van der Waals surface area contributed by atoms with E-state index in [1.54, 1.807) is 6.92 Å². The molecule has 0 bridgehead atoms. The molecule has 156 valence electrons. The first-order valence-corrected chi connectivity index (χ1v) is 10.0. The molecular formula is C20H20F2N6OS. The molecule has 1 aromatic heterocycles. The summed E-state index contributed by atoms with van der Waals surface area (Å²) in [4.78, 5) is 25.1. The maximum Gasteiger partial charge on any atom is 0.237 e. The lowest BCUT2D eigenvalue weighted by molar-refractivity contribution is -0.115. The van der Waals surface area contributed by atoms with E-state index in [2.05, 4.69) is 25.6 Å². The molecule has 1 heterocycles. The molecule has 0 fully saturated rings. The van der Waals surface area contributed by atoms with E-state index in [1.807, 2.05) is 37.3 Å². The fourth-order valence-corrected chi connectivity index (χ4v) is 3.57. The van der Waals surface area contributed by atoms with Crippen molar-refractivity contribution in [2.75, 3.05) is 16.4 Å². The van der Waals surface area contributed by atoms with E-state index in [-0.39, 0.29) is 22.8 Å². The fraction of sp³-hybridized carbons (Fsp3) is 0.200. The van der Waals surface area contributed by atoms with Gasteiger partial charge in [-0.2, -0.15) is 15.0 Å². The van der Waals surface area contributed by atoms with Crippen LogP contribution in [-0.4, -0.2) is 26.1 Å². The van der Waals surface area contributed by atoms with Gasteiger partial charge in [-0.05, 0) is 38.1 Å². The molecule has 4 N–H and O–H groups in total. The molecule has 2 atom stereocenters. The van der Waals surface area contributed by atoms with Crippen LogP contribution in [0, 0.1) is 11.6 Å². The van der Waals surface area contributed by atoms with Crippen LogP contribution in [0.25, 0.3) is 0 Å². The number of nitrogens with one attached hydrogen (secondary N) is 2. The molecule has 2 aromatic carbocycles. The molecular weight excluding hydrogens is 410 g/mol. The molecule has 0 aliphatic heterocycles. The van der Waals surface area contributed by atoms with E-state index in [0.29, 0.717) is 11.8 Å². The quantitative estimate of drug-likeness (QED) is 0.513. The van der Waals surface area contributed by atoms with Crippen molar-refractivity contribution in [2.24, 2.45) is 0 Å². The van der Waals surface area contributed by atoms with Crippen LogP contribution in [0.2, 0.25) is 0 Å². The van der Waals surface area contributed by atoms with Gasteiger partial charge in [-0.25, -0.2) is 8.78 Å². The van der Waals surface area contributed by atoms with E-state index >= 15 is 0 Å². The predicted octanol–water partition coefficient (Wildman–Crippen LogP) is 4.30. The Balaban J connectivity index is 1.66. The maximum absolute atomic E-state index is 13.3. The van der Waals surface area contributed by atoms with Crippen LogP contribution in [0.5, 0.6) is 0 Å². The van der Waals surface area contributed by atoms with Crippen molar-refractivity contribution in [3.63, 3.8) is 0 Å². The minimum Gasteiger partial charge on any atom is -0.368 e. The molecule has 1 amide bonds. The number of rotatable bonds is 7. The van der Waals surface area contributed by atoms with E-state index in [0.717, 1.165) is 17.8 Å². The summed E-state index contributed by atoms with van der Waals surface area (Å²) >= 11 is 1.30. The summed E-state index contributed by atoms with van der Waals surface area (Å²) < 4.78 is 26.4. The third-order valence-electron chi connectivity index (χ3n) is 4.03. The zero-order chi connectivity index (χ0) is 21.7. The minimum atomic E-state index is -1.03. The Labute approximate surface area is 176 Å². The largest absolute Gasteiger partial charge is 0.368 e. The molecule has 3 aromatic rings. The number of amides is 1. The van der Waals surface area contributed by atoms with Crippen molar-refractivity contribution >= 4 is 40.9 Å². The van der Waals surface area contributed by atoms with E-state index in [4.69, 9.17) is 5.73 Å². The number of nitrogens with zero attached hydrogens (tertiary/aromatic N) is 3. The van der Waals surface area contributed by atoms with Gasteiger partial charge in [-0.3, -0.25) is 4.79 Å². The van der Waals surface area contributed by atoms with Crippen LogP contribution in [0.3, 0.4) is 0 Å². The fourth-order valence-electron chi connectivity index (χ4n) is 2.54. The van der Waals surface area contributed by atoms with Gasteiger partial charge in [0.2, 0.25) is 17.8 Å². The van der Waals surface area contributed by atoms with Gasteiger partial charge in [0.25, 0.3) is 0 Å². The number of nitrogen functional groups attached to an aromatic ring is 1. The molecule has 10 heteroatoms. The molecule has 7 nitrogen and oxygen atoms in total. The molecule has 0 saturated heterocycles. The molecule has 0 spiro atoms. The van der Waals surface area contributed by atoms with Gasteiger partial charge < -0.3 is 16.4 Å². The van der Waals surface area contributed by atoms with Crippen LogP contribution < -0.4 is 16.4 Å². The van der Waals surface area contributed by atoms with Crippen LogP contribution >= 0.6 is 11.8 Å². The number of para-hydroxylation sites is 1. The third-order valence-corrected chi connectivity index (χ3v) is 5.27. The summed E-state index contributed by atoms with van der Waals surface area (Å²) in [6.07, 6.45) is 0. The van der Waals surface area contributed by atoms with Crippen LogP contribution in [0.4, 0.5) is 32.1 Å². The van der Waals surface area contributed by atoms with Crippen molar-refractivity contribution in [1.82, 2.24) is 15.0 Å². The number of aromatic nitrogens is 3. The molecule has 0 aliphatic carbocycles. The number of hydrogen-bond donors (Lipinski definition) is 3. The zero-order valence-electron chi connectivity index (χ0n) is 16.3. The standard InChI is InChI=1S/C20H20F2N6OS/c1-11(30-12(2)18(29)24-14-8-9-15(21)16(22)10-14)17-26-19(23)28-20(27-17)25-13-6-4-3-5-7-13/h3-12H,1-2H3,(H,24,29)(H3,23,25,26,27,28)/t11-,12+/m0/s1. The van der Waals surface area contributed by atoms with E-state index in [1.165, 1.54) is 17.8 Å². The van der Waals surface area contributed by atoms with Crippen LogP contribution in [-0.2, 0) is 4.79 Å². The van der Waals surface area contributed by atoms with Gasteiger partial charge in [0, 0.05) is 17.4 Å². The second-order valence-electron chi connectivity index (χ2n) is 6.41. The highest BCUT2D eigenvalue weighted by atomic mass is 32.2. The number of carbonyl (C=O) groups is 1. The summed E-state index contributed by atoms with van der Waals surface area (Å²) in [6.45, 7) is 3.54. The van der Waals surface area contributed by atoms with Gasteiger partial charge in [0.05, 0.1) is 10.5 Å². The molecule has 0 unspecified atom stereocenters. The molecule has 30 heavy (non-hydrogen) atoms. The van der Waals surface area contributed by atoms with Gasteiger partial charge in [-0.15, -0.1) is 11.8 Å². The third kappa shape index (κ3) is 5.63. The summed E-state index contributed by atoms with van der Waals surface area (Å²) in [5.74, 6) is -1.59. The number of benzene rings is 2. The first kappa shape index (κ1) is 21.4. The van der Waals surface area contributed by atoms with Gasteiger partial charge in [-0.1, -0.05) is 18.2 Å². The summed E-state index contributed by atoms with van der Waals surface area (Å²) in [5, 5.41) is 4.83. The van der Waals surface area contributed by atoms with E-state index < -0.39 is 16.9 Å². The summed E-state index contributed by atoms with van der Waals surface area (Å²) in [7, 11) is 0. The number of anilines is 4. The Morgan fingerprint density at radius 1 is 1.00 bits per heavy atom. The lowest BCUT2D eigenvalue weighted by atomic mass is 10.3. The SMILES string of the molecule is C[C@H](S[C@H](C)C(=O)Nc1ccc(F)c(F)c1)c1nc(N)nc(Nc2ccccc2)n1. The highest BCUT2D eigenvalue weighted by Gasteiger charge is 2.21. The average molecular weight is 430 g/mol. The highest BCUT2D eigenvalue weighted by molar-refractivity contribution is 8.00. The normalized spacial score (nSPS) is 12.8. The van der Waals surface area contributed by atoms with Gasteiger partial charge >= 0.3 is 0 Å². The Kier molecular flexibility index (Phi) is 6.78. The Morgan fingerprint density at radius 2 is 1.73 bits per heavy atom. The first-order chi connectivity index (χ1) is 14.3. The smallest absolute Gasteiger partial charge is 0.237 e. The average Bonchev–Trinajstić information content (AvgIpc) is 2.71. The van der Waals surface area contributed by atoms with Crippen molar-refractivity contribution < 1.29 is 13.6 Å². The molecule has 0 aliphatic rings. The summed E-state index contributed by atoms with van der Waals surface area (Å²) in [6, 6.07) is 12.6. The predicted molar refractivity (Wildman–Crippen MR) is 114 cm³/mol. The van der Waals surface area contributed by atoms with Crippen molar-refractivity contribution in [2.45, 2.75) is 24.3 Å². The Morgan fingerprint density at radius 3 is 2.43 bits per heavy atom. The highest BCUT2D eigenvalue weighted by Crippen LogP contribution is 2.31. The van der Waals surface area contributed by atoms with Crippen molar-refractivity contribution in [3.05, 3.63) is 66.0 Å². The number of carbonyl (C=O) groups excluding carboxylic acids is 1. The summed E-state index contributed by atoms with van der Waals surface area (Å²) in [5.41, 5.74) is 6.79. The second-order valence-corrected chi connectivity index (χ2v) is 8.09. The number of halogens is 2. The maximum atomic E-state index is 13.3. The monoisotopic (exact) mass is 430 g/mol. The Bertz CT molecular complexity index is 1040. The van der Waals surface area contributed by atoms with Gasteiger partial charge in [0.1, 0.15) is 5.82 Å². The van der Waals surface area contributed by atoms with Crippen molar-refractivity contribution in [1.29, 1.82) is 0 Å². The number of thioether (sulfide) groups is 1. The lowest BCUT2D eigenvalue weighted by Gasteiger charge is -2.17. The lowest BCUT2D eigenvalue weighted by Crippen LogP contribution is -2.23. The Hall–Kier alpha value is -3.27. The first-order valence-electron chi connectivity index (χ1n) is 9.06. The van der Waals surface area contributed by atoms with Crippen LogP contribution in [0.15, 0.2) is 48.5 Å². The number of hydrogen-bond acceptors (Lipinski definition) is 7. The molecule has 0 saturated carbocycles.